The van der Waals surface area contributed by atoms with Crippen LogP contribution in [0.4, 0.5) is 4.39 Å². The molecule has 0 spiro atoms. The fourth-order valence-electron chi connectivity index (χ4n) is 3.48. The van der Waals surface area contributed by atoms with Gasteiger partial charge in [0, 0.05) is 7.05 Å². The van der Waals surface area contributed by atoms with E-state index >= 15 is 0 Å². The molecule has 1 amide bonds. The second-order valence-corrected chi connectivity index (χ2v) is 6.94. The lowest BCUT2D eigenvalue weighted by atomic mass is 9.97. The lowest BCUT2D eigenvalue weighted by molar-refractivity contribution is -0.137. The highest BCUT2D eigenvalue weighted by molar-refractivity contribution is 5.83. The zero-order valence-corrected chi connectivity index (χ0v) is 15.5. The van der Waals surface area contributed by atoms with Crippen molar-refractivity contribution in [2.75, 3.05) is 34.3 Å². The summed E-state index contributed by atoms with van der Waals surface area (Å²) < 4.78 is 19.2. The SMILES string of the molecule is CN(C[C@@H]1OCCc2ccccc21)C(=O)[C@H](c1ccc(F)cc1)N(C)C. The fourth-order valence-corrected chi connectivity index (χ4v) is 3.48. The minimum atomic E-state index is -0.459. The van der Waals surface area contributed by atoms with Crippen LogP contribution in [0, 0.1) is 5.82 Å². The number of hydrogen-bond acceptors (Lipinski definition) is 3. The number of rotatable bonds is 5. The van der Waals surface area contributed by atoms with Gasteiger partial charge in [-0.15, -0.1) is 0 Å². The molecule has 0 aromatic heterocycles. The van der Waals surface area contributed by atoms with E-state index < -0.39 is 6.04 Å². The number of fused-ring (bicyclic) bond motifs is 1. The Balaban J connectivity index is 1.77. The van der Waals surface area contributed by atoms with Crippen molar-refractivity contribution in [3.63, 3.8) is 0 Å². The molecule has 2 atom stereocenters. The summed E-state index contributed by atoms with van der Waals surface area (Å²) in [6.45, 7) is 1.15. The van der Waals surface area contributed by atoms with E-state index in [1.165, 1.54) is 17.7 Å². The van der Waals surface area contributed by atoms with Crippen LogP contribution in [-0.2, 0) is 16.0 Å². The maximum absolute atomic E-state index is 13.2. The molecule has 0 bridgehead atoms. The maximum atomic E-state index is 13.2. The van der Waals surface area contributed by atoms with Crippen LogP contribution in [-0.4, -0.2) is 50.0 Å². The maximum Gasteiger partial charge on any atom is 0.244 e. The Hall–Kier alpha value is -2.24. The van der Waals surface area contributed by atoms with Crippen molar-refractivity contribution >= 4 is 5.91 Å². The average Bonchev–Trinajstić information content (AvgIpc) is 2.63. The molecule has 4 nitrogen and oxygen atoms in total. The zero-order chi connectivity index (χ0) is 18.7. The fraction of sp³-hybridized carbons (Fsp3) is 0.381. The van der Waals surface area contributed by atoms with Gasteiger partial charge in [0.25, 0.3) is 0 Å². The second-order valence-electron chi connectivity index (χ2n) is 6.94. The number of carbonyl (C=O) groups excluding carboxylic acids is 1. The average molecular weight is 356 g/mol. The zero-order valence-electron chi connectivity index (χ0n) is 15.5. The first-order valence-corrected chi connectivity index (χ1v) is 8.83. The molecule has 5 heteroatoms. The molecule has 0 fully saturated rings. The van der Waals surface area contributed by atoms with Crippen LogP contribution in [0.2, 0.25) is 0 Å². The van der Waals surface area contributed by atoms with Gasteiger partial charge in [-0.25, -0.2) is 4.39 Å². The summed E-state index contributed by atoms with van der Waals surface area (Å²) in [5.41, 5.74) is 3.21. The molecule has 26 heavy (non-hydrogen) atoms. The van der Waals surface area contributed by atoms with Crippen LogP contribution in [0.15, 0.2) is 48.5 Å². The molecule has 3 rings (SSSR count). The van der Waals surface area contributed by atoms with Crippen molar-refractivity contribution in [3.05, 3.63) is 71.0 Å². The van der Waals surface area contributed by atoms with Crippen molar-refractivity contribution in [3.8, 4) is 0 Å². The molecule has 0 saturated carbocycles. The van der Waals surface area contributed by atoms with E-state index in [1.807, 2.05) is 31.1 Å². The van der Waals surface area contributed by atoms with Gasteiger partial charge in [0.05, 0.1) is 13.2 Å². The summed E-state index contributed by atoms with van der Waals surface area (Å²) in [4.78, 5) is 16.6. The Morgan fingerprint density at radius 1 is 1.15 bits per heavy atom. The van der Waals surface area contributed by atoms with Crippen molar-refractivity contribution < 1.29 is 13.9 Å². The smallest absolute Gasteiger partial charge is 0.244 e. The molecule has 0 N–H and O–H groups in total. The van der Waals surface area contributed by atoms with Gasteiger partial charge in [-0.3, -0.25) is 9.69 Å². The largest absolute Gasteiger partial charge is 0.371 e. The molecular formula is C21H25FN2O2. The van der Waals surface area contributed by atoms with E-state index in [0.29, 0.717) is 13.2 Å². The van der Waals surface area contributed by atoms with Gasteiger partial charge in [0.2, 0.25) is 5.91 Å². The van der Waals surface area contributed by atoms with Crippen LogP contribution < -0.4 is 0 Å². The molecule has 0 aliphatic carbocycles. The van der Waals surface area contributed by atoms with E-state index in [-0.39, 0.29) is 17.8 Å². The molecule has 1 aliphatic rings. The summed E-state index contributed by atoms with van der Waals surface area (Å²) >= 11 is 0. The lowest BCUT2D eigenvalue weighted by Gasteiger charge is -2.33. The summed E-state index contributed by atoms with van der Waals surface area (Å²) in [7, 11) is 5.50. The molecule has 2 aromatic rings. The Labute approximate surface area is 154 Å². The summed E-state index contributed by atoms with van der Waals surface area (Å²) in [6, 6.07) is 13.9. The first-order chi connectivity index (χ1) is 12.5. The molecule has 2 aromatic carbocycles. The molecular weight excluding hydrogens is 331 g/mol. The lowest BCUT2D eigenvalue weighted by Crippen LogP contribution is -2.41. The Morgan fingerprint density at radius 2 is 1.85 bits per heavy atom. The topological polar surface area (TPSA) is 32.8 Å². The van der Waals surface area contributed by atoms with E-state index in [0.717, 1.165) is 17.5 Å². The highest BCUT2D eigenvalue weighted by Crippen LogP contribution is 2.29. The first kappa shape index (κ1) is 18.5. The number of nitrogens with zero attached hydrogens (tertiary/aromatic N) is 2. The molecule has 1 heterocycles. The standard InChI is InChI=1S/C21H25FN2O2/c1-23(2)20(16-8-10-17(22)11-9-16)21(25)24(3)14-19-18-7-5-4-6-15(18)12-13-26-19/h4-11,19-20H,12-14H2,1-3H3/t19-,20-/m0/s1. The number of carbonyl (C=O) groups is 1. The molecule has 0 unspecified atom stereocenters. The van der Waals surface area contributed by atoms with E-state index in [2.05, 4.69) is 12.1 Å². The monoisotopic (exact) mass is 356 g/mol. The number of ether oxygens (including phenoxy) is 1. The molecule has 1 aliphatic heterocycles. The van der Waals surface area contributed by atoms with Crippen LogP contribution in [0.3, 0.4) is 0 Å². The Kier molecular flexibility index (Phi) is 5.69. The molecule has 0 radical (unpaired) electrons. The van der Waals surface area contributed by atoms with Crippen molar-refractivity contribution in [2.45, 2.75) is 18.6 Å². The number of benzene rings is 2. The highest BCUT2D eigenvalue weighted by atomic mass is 19.1. The minimum absolute atomic E-state index is 0.0340. The van der Waals surface area contributed by atoms with Gasteiger partial charge in [-0.05, 0) is 49.3 Å². The number of amides is 1. The number of halogens is 1. The minimum Gasteiger partial charge on any atom is -0.371 e. The Morgan fingerprint density at radius 3 is 2.54 bits per heavy atom. The van der Waals surface area contributed by atoms with E-state index in [1.54, 1.807) is 24.1 Å². The van der Waals surface area contributed by atoms with Gasteiger partial charge in [-0.1, -0.05) is 36.4 Å². The van der Waals surface area contributed by atoms with E-state index in [9.17, 15) is 9.18 Å². The van der Waals surface area contributed by atoms with Gasteiger partial charge in [0.15, 0.2) is 0 Å². The summed E-state index contributed by atoms with van der Waals surface area (Å²) in [5.74, 6) is -0.340. The van der Waals surface area contributed by atoms with Gasteiger partial charge >= 0.3 is 0 Å². The van der Waals surface area contributed by atoms with Gasteiger partial charge in [-0.2, -0.15) is 0 Å². The predicted molar refractivity (Wildman–Crippen MR) is 99.3 cm³/mol. The number of hydrogen-bond donors (Lipinski definition) is 0. The Bertz CT molecular complexity index is 761. The third-order valence-corrected chi connectivity index (χ3v) is 4.84. The molecule has 0 saturated heterocycles. The van der Waals surface area contributed by atoms with Crippen LogP contribution in [0.5, 0.6) is 0 Å². The van der Waals surface area contributed by atoms with Gasteiger partial charge in [0.1, 0.15) is 18.0 Å². The molecule has 138 valence electrons. The van der Waals surface area contributed by atoms with Crippen molar-refractivity contribution in [2.24, 2.45) is 0 Å². The summed E-state index contributed by atoms with van der Waals surface area (Å²) in [6.07, 6.45) is 0.783. The van der Waals surface area contributed by atoms with Gasteiger partial charge < -0.3 is 9.64 Å². The van der Waals surface area contributed by atoms with Crippen LogP contribution >= 0.6 is 0 Å². The highest BCUT2D eigenvalue weighted by Gasteiger charge is 2.29. The van der Waals surface area contributed by atoms with Crippen LogP contribution in [0.1, 0.15) is 28.8 Å². The van der Waals surface area contributed by atoms with E-state index in [4.69, 9.17) is 4.74 Å². The first-order valence-electron chi connectivity index (χ1n) is 8.83. The quantitative estimate of drug-likeness (QED) is 0.825. The van der Waals surface area contributed by atoms with Crippen molar-refractivity contribution in [1.29, 1.82) is 0 Å². The third-order valence-electron chi connectivity index (χ3n) is 4.84. The third kappa shape index (κ3) is 3.94. The number of likely N-dealkylation sites (N-methyl/N-ethyl adjacent to an activating group) is 2. The summed E-state index contributed by atoms with van der Waals surface area (Å²) in [5, 5.41) is 0. The van der Waals surface area contributed by atoms with Crippen LogP contribution in [0.25, 0.3) is 0 Å². The van der Waals surface area contributed by atoms with Crippen molar-refractivity contribution in [1.82, 2.24) is 9.80 Å². The second kappa shape index (κ2) is 7.98. The normalized spacial score (nSPS) is 17.7. The predicted octanol–water partition coefficient (Wildman–Crippen LogP) is 3.20.